The molecular weight excluding hydrogens is 365 g/mol. The number of thioether (sulfide) groups is 1. The molecule has 0 fully saturated rings. The van der Waals surface area contributed by atoms with Crippen molar-refractivity contribution in [2.75, 3.05) is 19.0 Å². The smallest absolute Gasteiger partial charge is 0.233 e. The van der Waals surface area contributed by atoms with Gasteiger partial charge in [-0.05, 0) is 55.3 Å². The summed E-state index contributed by atoms with van der Waals surface area (Å²) >= 11 is 1.53. The summed E-state index contributed by atoms with van der Waals surface area (Å²) in [6.45, 7) is 5.56. The minimum absolute atomic E-state index is 0.0400. The highest BCUT2D eigenvalue weighted by Crippen LogP contribution is 2.18. The second-order valence-corrected chi connectivity index (χ2v) is 7.47. The fourth-order valence-corrected chi connectivity index (χ4v) is 3.02. The van der Waals surface area contributed by atoms with Crippen LogP contribution >= 0.6 is 11.8 Å². The van der Waals surface area contributed by atoms with Gasteiger partial charge in [-0.25, -0.2) is 4.39 Å². The highest BCUT2D eigenvalue weighted by molar-refractivity contribution is 8.00. The van der Waals surface area contributed by atoms with E-state index in [0.717, 1.165) is 23.5 Å². The lowest BCUT2D eigenvalue weighted by atomic mass is 10.2. The molecule has 6 heteroatoms. The molecule has 0 heterocycles. The number of amides is 1. The molecule has 0 spiro atoms. The first-order valence-electron chi connectivity index (χ1n) is 9.08. The summed E-state index contributed by atoms with van der Waals surface area (Å²) in [6, 6.07) is 13.7. The summed E-state index contributed by atoms with van der Waals surface area (Å²) in [6.07, 6.45) is 0.977. The molecule has 2 rings (SSSR count). The lowest BCUT2D eigenvalue weighted by molar-refractivity contribution is -0.120. The van der Waals surface area contributed by atoms with Crippen LogP contribution in [0.1, 0.15) is 25.8 Å². The van der Waals surface area contributed by atoms with Gasteiger partial charge in [0.25, 0.3) is 0 Å². The molecule has 0 aliphatic heterocycles. The SMILES string of the molecule is CCCOc1ccc(OCCSC(C)C(=O)NCc2ccc(F)cc2)cc1. The maximum atomic E-state index is 12.9. The molecule has 27 heavy (non-hydrogen) atoms. The first kappa shape index (κ1) is 21.1. The molecule has 1 amide bonds. The Labute approximate surface area is 164 Å². The average molecular weight is 392 g/mol. The van der Waals surface area contributed by atoms with Crippen molar-refractivity contribution in [1.29, 1.82) is 0 Å². The van der Waals surface area contributed by atoms with Crippen LogP contribution < -0.4 is 14.8 Å². The summed E-state index contributed by atoms with van der Waals surface area (Å²) in [7, 11) is 0. The molecule has 1 atom stereocenters. The second kappa shape index (κ2) is 11.5. The third kappa shape index (κ3) is 7.91. The molecule has 0 bridgehead atoms. The Hall–Kier alpha value is -2.21. The van der Waals surface area contributed by atoms with Gasteiger partial charge in [-0.1, -0.05) is 19.1 Å². The predicted molar refractivity (Wildman–Crippen MR) is 108 cm³/mol. The van der Waals surface area contributed by atoms with Crippen LogP contribution in [0.3, 0.4) is 0 Å². The van der Waals surface area contributed by atoms with Gasteiger partial charge in [0.15, 0.2) is 0 Å². The van der Waals surface area contributed by atoms with Crippen LogP contribution in [0.15, 0.2) is 48.5 Å². The number of carbonyl (C=O) groups is 1. The summed E-state index contributed by atoms with van der Waals surface area (Å²) in [4.78, 5) is 12.1. The average Bonchev–Trinajstić information content (AvgIpc) is 2.69. The first-order valence-corrected chi connectivity index (χ1v) is 10.1. The lowest BCUT2D eigenvalue weighted by Crippen LogP contribution is -2.30. The van der Waals surface area contributed by atoms with Crippen molar-refractivity contribution in [1.82, 2.24) is 5.32 Å². The van der Waals surface area contributed by atoms with E-state index in [2.05, 4.69) is 12.2 Å². The van der Waals surface area contributed by atoms with Crippen LogP contribution in [0, 0.1) is 5.82 Å². The summed E-state index contributed by atoms with van der Waals surface area (Å²) in [5, 5.41) is 2.68. The lowest BCUT2D eigenvalue weighted by Gasteiger charge is -2.13. The van der Waals surface area contributed by atoms with E-state index in [0.29, 0.717) is 25.5 Å². The Morgan fingerprint density at radius 2 is 1.63 bits per heavy atom. The Balaban J connectivity index is 1.62. The van der Waals surface area contributed by atoms with Crippen LogP contribution in [0.2, 0.25) is 0 Å². The highest BCUT2D eigenvalue weighted by Gasteiger charge is 2.12. The van der Waals surface area contributed by atoms with Gasteiger partial charge in [0.2, 0.25) is 5.91 Å². The van der Waals surface area contributed by atoms with Crippen molar-refractivity contribution in [3.05, 3.63) is 59.9 Å². The van der Waals surface area contributed by atoms with Crippen LogP contribution in [0.4, 0.5) is 4.39 Å². The van der Waals surface area contributed by atoms with Crippen LogP contribution in [0.5, 0.6) is 11.5 Å². The van der Waals surface area contributed by atoms with Crippen LogP contribution in [-0.4, -0.2) is 30.1 Å². The van der Waals surface area contributed by atoms with Gasteiger partial charge in [0.1, 0.15) is 17.3 Å². The monoisotopic (exact) mass is 391 g/mol. The van der Waals surface area contributed by atoms with E-state index in [1.54, 1.807) is 12.1 Å². The molecule has 0 aliphatic rings. The maximum Gasteiger partial charge on any atom is 0.233 e. The van der Waals surface area contributed by atoms with Crippen LogP contribution in [-0.2, 0) is 11.3 Å². The zero-order valence-electron chi connectivity index (χ0n) is 15.7. The van der Waals surface area contributed by atoms with E-state index in [1.807, 2.05) is 31.2 Å². The second-order valence-electron chi connectivity index (χ2n) is 6.03. The molecule has 0 saturated heterocycles. The van der Waals surface area contributed by atoms with Gasteiger partial charge in [-0.3, -0.25) is 4.79 Å². The molecule has 0 saturated carbocycles. The van der Waals surface area contributed by atoms with Crippen molar-refractivity contribution >= 4 is 17.7 Å². The molecular formula is C21H26FNO3S. The number of rotatable bonds is 11. The van der Waals surface area contributed by atoms with Crippen molar-refractivity contribution in [2.45, 2.75) is 32.1 Å². The first-order chi connectivity index (χ1) is 13.1. The van der Waals surface area contributed by atoms with Gasteiger partial charge in [-0.15, -0.1) is 11.8 Å². The predicted octanol–water partition coefficient (Wildman–Crippen LogP) is 4.43. The minimum Gasteiger partial charge on any atom is -0.494 e. The highest BCUT2D eigenvalue weighted by atomic mass is 32.2. The molecule has 0 aliphatic carbocycles. The number of hydrogen-bond acceptors (Lipinski definition) is 4. The van der Waals surface area contributed by atoms with Gasteiger partial charge in [0, 0.05) is 12.3 Å². The summed E-state index contributed by atoms with van der Waals surface area (Å²) in [5.41, 5.74) is 0.872. The molecule has 2 aromatic carbocycles. The molecule has 0 aromatic heterocycles. The van der Waals surface area contributed by atoms with Crippen molar-refractivity contribution in [3.8, 4) is 11.5 Å². The number of halogens is 1. The zero-order valence-corrected chi connectivity index (χ0v) is 16.6. The Kier molecular flexibility index (Phi) is 8.98. The molecule has 0 radical (unpaired) electrons. The standard InChI is InChI=1S/C21H26FNO3S/c1-3-12-25-19-8-10-20(11-9-19)26-13-14-27-16(2)21(24)23-15-17-4-6-18(22)7-5-17/h4-11,16H,3,12-15H2,1-2H3,(H,23,24). The number of ether oxygens (including phenoxy) is 2. The zero-order chi connectivity index (χ0) is 19.5. The molecule has 1 unspecified atom stereocenters. The molecule has 146 valence electrons. The van der Waals surface area contributed by atoms with Gasteiger partial charge in [0.05, 0.1) is 18.5 Å². The van der Waals surface area contributed by atoms with E-state index in [-0.39, 0.29) is 17.0 Å². The Bertz CT molecular complexity index is 692. The number of hydrogen-bond donors (Lipinski definition) is 1. The summed E-state index contributed by atoms with van der Waals surface area (Å²) < 4.78 is 24.1. The number of benzene rings is 2. The quantitative estimate of drug-likeness (QED) is 0.576. The van der Waals surface area contributed by atoms with Gasteiger partial charge >= 0.3 is 0 Å². The fourth-order valence-electron chi connectivity index (χ4n) is 2.25. The van der Waals surface area contributed by atoms with Gasteiger partial charge < -0.3 is 14.8 Å². The molecule has 4 nitrogen and oxygen atoms in total. The maximum absolute atomic E-state index is 12.9. The van der Waals surface area contributed by atoms with Crippen LogP contribution in [0.25, 0.3) is 0 Å². The molecule has 1 N–H and O–H groups in total. The molecule has 2 aromatic rings. The number of nitrogens with one attached hydrogen (secondary N) is 1. The fraction of sp³-hybridized carbons (Fsp3) is 0.381. The van der Waals surface area contributed by atoms with Crippen molar-refractivity contribution in [3.63, 3.8) is 0 Å². The summed E-state index contributed by atoms with van der Waals surface area (Å²) in [5.74, 6) is 2.01. The van der Waals surface area contributed by atoms with E-state index in [4.69, 9.17) is 9.47 Å². The number of carbonyl (C=O) groups excluding carboxylic acids is 1. The topological polar surface area (TPSA) is 47.6 Å². The van der Waals surface area contributed by atoms with E-state index in [1.165, 1.54) is 23.9 Å². The van der Waals surface area contributed by atoms with E-state index >= 15 is 0 Å². The van der Waals surface area contributed by atoms with E-state index < -0.39 is 0 Å². The van der Waals surface area contributed by atoms with Crippen molar-refractivity contribution in [2.24, 2.45) is 0 Å². The Morgan fingerprint density at radius 3 is 2.22 bits per heavy atom. The van der Waals surface area contributed by atoms with Crippen molar-refractivity contribution < 1.29 is 18.7 Å². The third-order valence-corrected chi connectivity index (χ3v) is 4.88. The largest absolute Gasteiger partial charge is 0.494 e. The third-order valence-electron chi connectivity index (χ3n) is 3.77. The van der Waals surface area contributed by atoms with E-state index in [9.17, 15) is 9.18 Å². The Morgan fingerprint density at radius 1 is 1.04 bits per heavy atom. The normalized spacial score (nSPS) is 11.7. The van der Waals surface area contributed by atoms with Gasteiger partial charge in [-0.2, -0.15) is 0 Å². The minimum atomic E-state index is -0.280.